The van der Waals surface area contributed by atoms with E-state index in [-0.39, 0.29) is 0 Å². The zero-order valence-electron chi connectivity index (χ0n) is 8.99. The molecule has 1 aromatic heterocycles. The van der Waals surface area contributed by atoms with Crippen LogP contribution >= 0.6 is 11.3 Å². The molecule has 0 aliphatic carbocycles. The molecule has 2 rings (SSSR count). The lowest BCUT2D eigenvalue weighted by Crippen LogP contribution is -2.11. The molecule has 0 aliphatic heterocycles. The van der Waals surface area contributed by atoms with Crippen molar-refractivity contribution in [1.82, 2.24) is 5.32 Å². The number of thiophene rings is 1. The van der Waals surface area contributed by atoms with E-state index in [1.165, 1.54) is 5.56 Å². The van der Waals surface area contributed by atoms with Crippen LogP contribution in [0.5, 0.6) is 0 Å². The zero-order chi connectivity index (χ0) is 11.5. The Morgan fingerprint density at radius 2 is 2.31 bits per heavy atom. The van der Waals surface area contributed by atoms with Crippen molar-refractivity contribution >= 4 is 27.4 Å². The van der Waals surface area contributed by atoms with E-state index in [0.29, 0.717) is 5.56 Å². The van der Waals surface area contributed by atoms with Crippen LogP contribution in [-0.2, 0) is 6.54 Å². The number of hydrogen-bond acceptors (Lipinski definition) is 3. The van der Waals surface area contributed by atoms with Gasteiger partial charge in [-0.2, -0.15) is 0 Å². The first-order chi connectivity index (χ1) is 7.72. The molecule has 1 aromatic carbocycles. The zero-order valence-corrected chi connectivity index (χ0v) is 9.80. The number of carbonyl (C=O) groups is 1. The lowest BCUT2D eigenvalue weighted by molar-refractivity contribution is 0.0697. The number of carboxylic acids is 1. The fourth-order valence-corrected chi connectivity index (χ4v) is 2.55. The second-order valence-corrected chi connectivity index (χ2v) is 4.47. The summed E-state index contributed by atoms with van der Waals surface area (Å²) in [6.45, 7) is 3.76. The van der Waals surface area contributed by atoms with Gasteiger partial charge in [-0.15, -0.1) is 11.3 Å². The Kier molecular flexibility index (Phi) is 3.22. The SMILES string of the molecule is CCNCc1csc2ccc(C(=O)O)cc12. The topological polar surface area (TPSA) is 49.3 Å². The van der Waals surface area contributed by atoms with Gasteiger partial charge in [0.25, 0.3) is 0 Å². The van der Waals surface area contributed by atoms with E-state index in [1.54, 1.807) is 23.5 Å². The molecular weight excluding hydrogens is 222 g/mol. The average Bonchev–Trinajstić information content (AvgIpc) is 2.68. The molecule has 0 saturated carbocycles. The number of benzene rings is 1. The second-order valence-electron chi connectivity index (χ2n) is 3.56. The van der Waals surface area contributed by atoms with Gasteiger partial charge in [-0.25, -0.2) is 4.79 Å². The van der Waals surface area contributed by atoms with Gasteiger partial charge in [-0.1, -0.05) is 6.92 Å². The van der Waals surface area contributed by atoms with Crippen molar-refractivity contribution in [3.8, 4) is 0 Å². The highest BCUT2D eigenvalue weighted by atomic mass is 32.1. The first-order valence-electron chi connectivity index (χ1n) is 5.16. The smallest absolute Gasteiger partial charge is 0.335 e. The van der Waals surface area contributed by atoms with Crippen LogP contribution in [0.25, 0.3) is 10.1 Å². The maximum atomic E-state index is 10.9. The molecular formula is C12H13NO2S. The molecule has 4 heteroatoms. The minimum atomic E-state index is -0.873. The summed E-state index contributed by atoms with van der Waals surface area (Å²) in [5.74, 6) is -0.873. The third-order valence-electron chi connectivity index (χ3n) is 2.47. The van der Waals surface area contributed by atoms with Crippen molar-refractivity contribution < 1.29 is 9.90 Å². The molecule has 3 nitrogen and oxygen atoms in total. The summed E-state index contributed by atoms with van der Waals surface area (Å²) in [5, 5.41) is 15.3. The number of nitrogens with one attached hydrogen (secondary N) is 1. The normalized spacial score (nSPS) is 10.8. The highest BCUT2D eigenvalue weighted by Crippen LogP contribution is 2.27. The monoisotopic (exact) mass is 235 g/mol. The number of hydrogen-bond donors (Lipinski definition) is 2. The van der Waals surface area contributed by atoms with Crippen LogP contribution in [-0.4, -0.2) is 17.6 Å². The Hall–Kier alpha value is -1.39. The first-order valence-corrected chi connectivity index (χ1v) is 6.04. The Labute approximate surface area is 97.7 Å². The highest BCUT2D eigenvalue weighted by molar-refractivity contribution is 7.17. The molecule has 0 unspecified atom stereocenters. The van der Waals surface area contributed by atoms with Crippen LogP contribution in [0, 0.1) is 0 Å². The lowest BCUT2D eigenvalue weighted by Gasteiger charge is -2.01. The minimum Gasteiger partial charge on any atom is -0.478 e. The average molecular weight is 235 g/mol. The van der Waals surface area contributed by atoms with Crippen LogP contribution in [0.15, 0.2) is 23.6 Å². The molecule has 0 atom stereocenters. The number of fused-ring (bicyclic) bond motifs is 1. The van der Waals surface area contributed by atoms with Crippen molar-refractivity contribution in [3.05, 3.63) is 34.7 Å². The maximum Gasteiger partial charge on any atom is 0.335 e. The molecule has 0 radical (unpaired) electrons. The standard InChI is InChI=1S/C12H13NO2S/c1-2-13-6-9-7-16-11-4-3-8(12(14)15)5-10(9)11/h3-5,7,13H,2,6H2,1H3,(H,14,15). The Balaban J connectivity index is 2.43. The fourth-order valence-electron chi connectivity index (χ4n) is 1.61. The van der Waals surface area contributed by atoms with Crippen molar-refractivity contribution in [2.24, 2.45) is 0 Å². The molecule has 0 saturated heterocycles. The van der Waals surface area contributed by atoms with E-state index in [1.807, 2.05) is 6.07 Å². The van der Waals surface area contributed by atoms with Gasteiger partial charge in [-0.05, 0) is 41.1 Å². The van der Waals surface area contributed by atoms with E-state index < -0.39 is 5.97 Å². The first kappa shape index (κ1) is 11.1. The van der Waals surface area contributed by atoms with Crippen molar-refractivity contribution in [1.29, 1.82) is 0 Å². The summed E-state index contributed by atoms with van der Waals surface area (Å²) in [4.78, 5) is 10.9. The number of aromatic carboxylic acids is 1. The molecule has 1 heterocycles. The van der Waals surface area contributed by atoms with Crippen LogP contribution in [0.2, 0.25) is 0 Å². The third kappa shape index (κ3) is 2.08. The third-order valence-corrected chi connectivity index (χ3v) is 3.48. The Bertz CT molecular complexity index is 519. The van der Waals surface area contributed by atoms with Crippen LogP contribution in [0.4, 0.5) is 0 Å². The van der Waals surface area contributed by atoms with Crippen LogP contribution < -0.4 is 5.32 Å². The molecule has 16 heavy (non-hydrogen) atoms. The predicted molar refractivity (Wildman–Crippen MR) is 66.2 cm³/mol. The van der Waals surface area contributed by atoms with E-state index in [4.69, 9.17) is 5.11 Å². The van der Waals surface area contributed by atoms with Gasteiger partial charge in [0.15, 0.2) is 0 Å². The van der Waals surface area contributed by atoms with E-state index in [0.717, 1.165) is 23.2 Å². The van der Waals surface area contributed by atoms with Crippen molar-refractivity contribution in [2.75, 3.05) is 6.54 Å². The highest BCUT2D eigenvalue weighted by Gasteiger charge is 2.08. The van der Waals surface area contributed by atoms with Gasteiger partial charge in [0.1, 0.15) is 0 Å². The predicted octanol–water partition coefficient (Wildman–Crippen LogP) is 2.71. The molecule has 0 spiro atoms. The quantitative estimate of drug-likeness (QED) is 0.856. The fraction of sp³-hybridized carbons (Fsp3) is 0.250. The maximum absolute atomic E-state index is 10.9. The molecule has 0 fully saturated rings. The molecule has 2 aromatic rings. The van der Waals surface area contributed by atoms with E-state index >= 15 is 0 Å². The Morgan fingerprint density at radius 1 is 1.50 bits per heavy atom. The summed E-state index contributed by atoms with van der Waals surface area (Å²) < 4.78 is 1.14. The van der Waals surface area contributed by atoms with Gasteiger partial charge in [0, 0.05) is 11.2 Å². The van der Waals surface area contributed by atoms with Crippen molar-refractivity contribution in [3.63, 3.8) is 0 Å². The number of carboxylic acid groups (broad SMARTS) is 1. The van der Waals surface area contributed by atoms with Crippen LogP contribution in [0.1, 0.15) is 22.8 Å². The van der Waals surface area contributed by atoms with Gasteiger partial charge < -0.3 is 10.4 Å². The number of rotatable bonds is 4. The second kappa shape index (κ2) is 4.63. The summed E-state index contributed by atoms with van der Waals surface area (Å²) in [5.41, 5.74) is 1.52. The lowest BCUT2D eigenvalue weighted by atomic mass is 10.1. The van der Waals surface area contributed by atoms with E-state index in [2.05, 4.69) is 17.6 Å². The molecule has 2 N–H and O–H groups in total. The molecule has 84 valence electrons. The van der Waals surface area contributed by atoms with Gasteiger partial charge in [-0.3, -0.25) is 0 Å². The van der Waals surface area contributed by atoms with Gasteiger partial charge in [0.2, 0.25) is 0 Å². The van der Waals surface area contributed by atoms with E-state index in [9.17, 15) is 4.79 Å². The minimum absolute atomic E-state index is 0.351. The molecule has 0 aliphatic rings. The molecule has 0 bridgehead atoms. The van der Waals surface area contributed by atoms with Gasteiger partial charge in [0.05, 0.1) is 5.56 Å². The summed E-state index contributed by atoms with van der Waals surface area (Å²) in [6, 6.07) is 5.28. The molecule has 0 amide bonds. The summed E-state index contributed by atoms with van der Waals surface area (Å²) in [6.07, 6.45) is 0. The Morgan fingerprint density at radius 3 is 3.00 bits per heavy atom. The summed E-state index contributed by atoms with van der Waals surface area (Å²) in [7, 11) is 0. The van der Waals surface area contributed by atoms with Crippen molar-refractivity contribution in [2.45, 2.75) is 13.5 Å². The summed E-state index contributed by atoms with van der Waals surface area (Å²) >= 11 is 1.65. The largest absolute Gasteiger partial charge is 0.478 e. The van der Waals surface area contributed by atoms with Gasteiger partial charge >= 0.3 is 5.97 Å². The van der Waals surface area contributed by atoms with Crippen LogP contribution in [0.3, 0.4) is 0 Å².